The van der Waals surface area contributed by atoms with Crippen LogP contribution >= 0.6 is 0 Å². The molecule has 2 aliphatic rings. The number of halogens is 5. The highest BCUT2D eigenvalue weighted by molar-refractivity contribution is 5.99. The molecule has 0 radical (unpaired) electrons. The van der Waals surface area contributed by atoms with E-state index in [2.05, 4.69) is 15.5 Å². The summed E-state index contributed by atoms with van der Waals surface area (Å²) in [6.45, 7) is 0. The van der Waals surface area contributed by atoms with Crippen LogP contribution in [-0.4, -0.2) is 29.5 Å². The minimum absolute atomic E-state index is 0.255. The minimum atomic E-state index is -4.77. The van der Waals surface area contributed by atoms with Gasteiger partial charge in [0, 0.05) is 24.0 Å². The van der Waals surface area contributed by atoms with E-state index in [0.717, 1.165) is 12.1 Å². The summed E-state index contributed by atoms with van der Waals surface area (Å²) in [7, 11) is 0. The van der Waals surface area contributed by atoms with Gasteiger partial charge in [-0.1, -0.05) is 12.1 Å². The SMILES string of the molecule is NC(=O)C1(NC(=O)c2cccc(C3(C(F)(F)F)N=N3)c2)CC(F)(F)C1. The summed E-state index contributed by atoms with van der Waals surface area (Å²) >= 11 is 0. The van der Waals surface area contributed by atoms with Gasteiger partial charge in [0.15, 0.2) is 0 Å². The van der Waals surface area contributed by atoms with E-state index in [1.807, 2.05) is 0 Å². The average Bonchev–Trinajstić information content (AvgIpc) is 3.26. The van der Waals surface area contributed by atoms with Gasteiger partial charge in [-0.2, -0.15) is 13.2 Å². The second kappa shape index (κ2) is 4.96. The molecular weight excluding hydrogens is 351 g/mol. The van der Waals surface area contributed by atoms with Crippen LogP contribution in [0.5, 0.6) is 0 Å². The molecular formula is C14H11F5N4O2. The smallest absolute Gasteiger partial charge is 0.368 e. The van der Waals surface area contributed by atoms with Crippen LogP contribution in [0.2, 0.25) is 0 Å². The summed E-state index contributed by atoms with van der Waals surface area (Å²) in [6.07, 6.45) is -6.69. The van der Waals surface area contributed by atoms with Crippen LogP contribution in [0.4, 0.5) is 22.0 Å². The molecule has 6 nitrogen and oxygen atoms in total. The van der Waals surface area contributed by atoms with Crippen LogP contribution in [0.3, 0.4) is 0 Å². The molecule has 0 aromatic heterocycles. The Labute approximate surface area is 137 Å². The number of alkyl halides is 5. The lowest BCUT2D eigenvalue weighted by molar-refractivity contribution is -0.166. The maximum Gasteiger partial charge on any atom is 0.442 e. The molecule has 0 saturated heterocycles. The van der Waals surface area contributed by atoms with Gasteiger partial charge in [0.05, 0.1) is 0 Å². The summed E-state index contributed by atoms with van der Waals surface area (Å²) in [5, 5.41) is 8.14. The Hall–Kier alpha value is -2.59. The van der Waals surface area contributed by atoms with Crippen molar-refractivity contribution in [2.75, 3.05) is 0 Å². The number of nitrogens with zero attached hydrogens (tertiary/aromatic N) is 2. The average molecular weight is 362 g/mol. The number of carbonyl (C=O) groups excluding carboxylic acids is 2. The van der Waals surface area contributed by atoms with Crippen LogP contribution < -0.4 is 11.1 Å². The standard InChI is InChI=1S/C14H11F5N4O2/c15-12(16)5-11(6-12,10(20)25)21-9(24)7-2-1-3-8(4-7)13(22-23-13)14(17,18)19/h1-4H,5-6H2,(H2,20,25)(H,21,24). The van der Waals surface area contributed by atoms with Crippen molar-refractivity contribution >= 4 is 11.8 Å². The summed E-state index contributed by atoms with van der Waals surface area (Å²) in [6, 6.07) is 4.34. The third kappa shape index (κ3) is 2.72. The number of benzene rings is 1. The normalized spacial score (nSPS) is 22.0. The van der Waals surface area contributed by atoms with Crippen molar-refractivity contribution in [3.8, 4) is 0 Å². The third-order valence-electron chi connectivity index (χ3n) is 4.17. The summed E-state index contributed by atoms with van der Waals surface area (Å²) in [5.41, 5.74) is -0.202. The molecule has 2 amide bonds. The van der Waals surface area contributed by atoms with Gasteiger partial charge in [-0.05, 0) is 12.1 Å². The van der Waals surface area contributed by atoms with Gasteiger partial charge in [0.2, 0.25) is 5.91 Å². The number of nitrogens with one attached hydrogen (secondary N) is 1. The fraction of sp³-hybridized carbons (Fsp3) is 0.429. The Balaban J connectivity index is 1.82. The number of hydrogen-bond donors (Lipinski definition) is 2. The molecule has 3 N–H and O–H groups in total. The maximum atomic E-state index is 13.1. The summed E-state index contributed by atoms with van der Waals surface area (Å²) < 4.78 is 65.2. The van der Waals surface area contributed by atoms with Crippen molar-refractivity contribution in [3.63, 3.8) is 0 Å². The van der Waals surface area contributed by atoms with Gasteiger partial charge in [-0.15, -0.1) is 10.2 Å². The van der Waals surface area contributed by atoms with E-state index < -0.39 is 48.0 Å². The largest absolute Gasteiger partial charge is 0.442 e. The fourth-order valence-corrected chi connectivity index (χ4v) is 2.76. The molecule has 134 valence electrons. The first kappa shape index (κ1) is 17.2. The van der Waals surface area contributed by atoms with Gasteiger partial charge < -0.3 is 11.1 Å². The number of amides is 2. The fourth-order valence-electron chi connectivity index (χ4n) is 2.76. The number of hydrogen-bond acceptors (Lipinski definition) is 4. The number of nitrogens with two attached hydrogens (primary N) is 1. The van der Waals surface area contributed by atoms with Crippen LogP contribution in [0.1, 0.15) is 28.8 Å². The topological polar surface area (TPSA) is 96.9 Å². The van der Waals surface area contributed by atoms with Crippen molar-refractivity contribution in [1.82, 2.24) is 5.32 Å². The van der Waals surface area contributed by atoms with E-state index >= 15 is 0 Å². The molecule has 3 rings (SSSR count). The molecule has 1 saturated carbocycles. The minimum Gasteiger partial charge on any atom is -0.368 e. The Morgan fingerprint density at radius 2 is 1.76 bits per heavy atom. The van der Waals surface area contributed by atoms with Gasteiger partial charge in [0.25, 0.3) is 11.8 Å². The number of rotatable bonds is 4. The zero-order valence-electron chi connectivity index (χ0n) is 12.4. The van der Waals surface area contributed by atoms with E-state index in [4.69, 9.17) is 5.73 Å². The first-order chi connectivity index (χ1) is 11.4. The van der Waals surface area contributed by atoms with Crippen molar-refractivity contribution in [2.24, 2.45) is 16.0 Å². The van der Waals surface area contributed by atoms with E-state index in [1.54, 1.807) is 0 Å². The van der Waals surface area contributed by atoms with Crippen LogP contribution in [0.25, 0.3) is 0 Å². The quantitative estimate of drug-likeness (QED) is 0.804. The molecule has 1 heterocycles. The molecule has 0 unspecified atom stereocenters. The maximum absolute atomic E-state index is 13.1. The van der Waals surface area contributed by atoms with Gasteiger partial charge in [-0.25, -0.2) is 8.78 Å². The Bertz CT molecular complexity index is 776. The van der Waals surface area contributed by atoms with E-state index in [1.165, 1.54) is 12.1 Å². The molecule has 1 aliphatic carbocycles. The van der Waals surface area contributed by atoms with Gasteiger partial charge in [0.1, 0.15) is 5.54 Å². The zero-order valence-corrected chi connectivity index (χ0v) is 12.4. The lowest BCUT2D eigenvalue weighted by Gasteiger charge is -2.45. The summed E-state index contributed by atoms with van der Waals surface area (Å²) in [5.74, 6) is -5.27. The van der Waals surface area contributed by atoms with E-state index in [9.17, 15) is 31.5 Å². The second-order valence-corrected chi connectivity index (χ2v) is 6.06. The molecule has 1 aliphatic heterocycles. The second-order valence-electron chi connectivity index (χ2n) is 6.06. The highest BCUT2D eigenvalue weighted by Crippen LogP contribution is 2.52. The predicted octanol–water partition coefficient (Wildman–Crippen LogP) is 2.25. The van der Waals surface area contributed by atoms with Crippen molar-refractivity contribution in [2.45, 2.75) is 36.1 Å². The molecule has 0 atom stereocenters. The third-order valence-corrected chi connectivity index (χ3v) is 4.17. The first-order valence-corrected chi connectivity index (χ1v) is 7.02. The Morgan fingerprint density at radius 3 is 2.20 bits per heavy atom. The monoisotopic (exact) mass is 362 g/mol. The van der Waals surface area contributed by atoms with Crippen LogP contribution in [-0.2, 0) is 10.5 Å². The van der Waals surface area contributed by atoms with E-state index in [0.29, 0.717) is 0 Å². The highest BCUT2D eigenvalue weighted by atomic mass is 19.4. The number of carbonyl (C=O) groups is 2. The summed E-state index contributed by atoms with van der Waals surface area (Å²) in [4.78, 5) is 23.6. The first-order valence-electron chi connectivity index (χ1n) is 7.02. The Kier molecular flexibility index (Phi) is 3.42. The Morgan fingerprint density at radius 1 is 1.16 bits per heavy atom. The molecule has 25 heavy (non-hydrogen) atoms. The molecule has 1 fully saturated rings. The van der Waals surface area contributed by atoms with E-state index in [-0.39, 0.29) is 11.1 Å². The van der Waals surface area contributed by atoms with Crippen LogP contribution in [0.15, 0.2) is 34.5 Å². The molecule has 0 bridgehead atoms. The molecule has 1 aromatic rings. The molecule has 11 heteroatoms. The van der Waals surface area contributed by atoms with Gasteiger partial charge in [-0.3, -0.25) is 9.59 Å². The highest BCUT2D eigenvalue weighted by Gasteiger charge is 2.65. The van der Waals surface area contributed by atoms with Gasteiger partial charge >= 0.3 is 11.8 Å². The number of primary amides is 1. The molecule has 1 aromatic carbocycles. The lowest BCUT2D eigenvalue weighted by Crippen LogP contribution is -2.68. The van der Waals surface area contributed by atoms with Crippen LogP contribution in [0, 0.1) is 0 Å². The zero-order chi connectivity index (χ0) is 18.7. The predicted molar refractivity (Wildman–Crippen MR) is 72.6 cm³/mol. The van der Waals surface area contributed by atoms with Crippen molar-refractivity contribution in [3.05, 3.63) is 35.4 Å². The van der Waals surface area contributed by atoms with Crippen molar-refractivity contribution in [1.29, 1.82) is 0 Å². The molecule has 0 spiro atoms. The lowest BCUT2D eigenvalue weighted by atomic mass is 9.72. The van der Waals surface area contributed by atoms with Crippen molar-refractivity contribution < 1.29 is 31.5 Å².